The Balaban J connectivity index is 1.24. The van der Waals surface area contributed by atoms with Crippen LogP contribution < -0.4 is 15.5 Å². The molecule has 7 heteroatoms. The topological polar surface area (TPSA) is 77.0 Å². The molecule has 32 heavy (non-hydrogen) atoms. The average molecular weight is 440 g/mol. The van der Waals surface area contributed by atoms with Crippen LogP contribution in [-0.2, 0) is 16.1 Å². The minimum Gasteiger partial charge on any atom is -0.352 e. The van der Waals surface area contributed by atoms with Crippen molar-refractivity contribution in [3.63, 3.8) is 0 Å². The van der Waals surface area contributed by atoms with Gasteiger partial charge in [-0.05, 0) is 49.8 Å². The predicted molar refractivity (Wildman–Crippen MR) is 128 cm³/mol. The number of nitrogens with one attached hydrogen (secondary N) is 2. The Bertz CT molecular complexity index is 816. The second-order valence-electron chi connectivity index (χ2n) is 9.34. The highest BCUT2D eigenvalue weighted by atomic mass is 16.2. The fraction of sp³-hybridized carbons (Fsp3) is 0.640. The van der Waals surface area contributed by atoms with Gasteiger partial charge in [0.05, 0.1) is 0 Å². The summed E-state index contributed by atoms with van der Waals surface area (Å²) in [5.74, 6) is 1.57. The molecule has 2 saturated heterocycles. The molecule has 7 nitrogen and oxygen atoms in total. The van der Waals surface area contributed by atoms with E-state index < -0.39 is 0 Å². The zero-order chi connectivity index (χ0) is 22.3. The van der Waals surface area contributed by atoms with Crippen LogP contribution in [0, 0.1) is 5.92 Å². The normalized spacial score (nSPS) is 22.8. The van der Waals surface area contributed by atoms with Gasteiger partial charge in [0.1, 0.15) is 0 Å². The van der Waals surface area contributed by atoms with E-state index in [0.29, 0.717) is 18.9 Å². The van der Waals surface area contributed by atoms with Crippen molar-refractivity contribution in [2.24, 2.45) is 10.9 Å². The first kappa shape index (κ1) is 22.6. The molecule has 2 N–H and O–H groups in total. The molecule has 1 unspecified atom stereocenters. The third-order valence-electron chi connectivity index (χ3n) is 7.05. The van der Waals surface area contributed by atoms with Crippen LogP contribution in [-0.4, -0.2) is 55.4 Å². The van der Waals surface area contributed by atoms with Crippen LogP contribution in [0.2, 0.25) is 0 Å². The smallest absolute Gasteiger partial charge is 0.226 e. The molecule has 0 bridgehead atoms. The van der Waals surface area contributed by atoms with Gasteiger partial charge in [0.15, 0.2) is 5.96 Å². The van der Waals surface area contributed by atoms with Gasteiger partial charge in [-0.15, -0.1) is 0 Å². The molecular weight excluding hydrogens is 402 g/mol. The number of nitrogens with zero attached hydrogens (tertiary/aromatic N) is 3. The lowest BCUT2D eigenvalue weighted by Crippen LogP contribution is -2.45. The SMILES string of the molecule is CN=C(NCc1ccc(N2CCCCC2=O)cc1)NC1CCN(C(=O)C2CCCCC2)C1. The second kappa shape index (κ2) is 10.8. The summed E-state index contributed by atoms with van der Waals surface area (Å²) < 4.78 is 0. The van der Waals surface area contributed by atoms with Gasteiger partial charge in [-0.3, -0.25) is 14.6 Å². The molecule has 0 aromatic heterocycles. The molecule has 2 aliphatic heterocycles. The van der Waals surface area contributed by atoms with E-state index in [9.17, 15) is 9.59 Å². The van der Waals surface area contributed by atoms with Crippen LogP contribution in [0.1, 0.15) is 63.4 Å². The zero-order valence-corrected chi connectivity index (χ0v) is 19.3. The second-order valence-corrected chi connectivity index (χ2v) is 9.34. The first-order chi connectivity index (χ1) is 15.6. The van der Waals surface area contributed by atoms with Gasteiger partial charge >= 0.3 is 0 Å². The van der Waals surface area contributed by atoms with Crippen molar-refractivity contribution >= 4 is 23.5 Å². The summed E-state index contributed by atoms with van der Waals surface area (Å²) in [4.78, 5) is 33.2. The minimum atomic E-state index is 0.222. The molecule has 2 amide bonds. The van der Waals surface area contributed by atoms with Crippen molar-refractivity contribution < 1.29 is 9.59 Å². The Kier molecular flexibility index (Phi) is 7.66. The van der Waals surface area contributed by atoms with E-state index in [-0.39, 0.29) is 17.9 Å². The van der Waals surface area contributed by atoms with Gasteiger partial charge in [0.25, 0.3) is 0 Å². The van der Waals surface area contributed by atoms with Crippen LogP contribution in [0.4, 0.5) is 5.69 Å². The minimum absolute atomic E-state index is 0.222. The summed E-state index contributed by atoms with van der Waals surface area (Å²) in [7, 11) is 1.78. The first-order valence-electron chi connectivity index (χ1n) is 12.3. The van der Waals surface area contributed by atoms with Crippen LogP contribution in [0.3, 0.4) is 0 Å². The predicted octanol–water partition coefficient (Wildman–Crippen LogP) is 3.05. The molecule has 1 aromatic carbocycles. The molecule has 0 radical (unpaired) electrons. The number of amides is 2. The molecule has 1 aliphatic carbocycles. The quantitative estimate of drug-likeness (QED) is 0.546. The number of rotatable bonds is 5. The van der Waals surface area contributed by atoms with E-state index >= 15 is 0 Å². The van der Waals surface area contributed by atoms with Crippen LogP contribution in [0.15, 0.2) is 29.3 Å². The number of likely N-dealkylation sites (tertiary alicyclic amines) is 1. The zero-order valence-electron chi connectivity index (χ0n) is 19.3. The van der Waals surface area contributed by atoms with Crippen molar-refractivity contribution in [2.45, 2.75) is 70.4 Å². The fourth-order valence-corrected chi connectivity index (χ4v) is 5.13. The highest BCUT2D eigenvalue weighted by Crippen LogP contribution is 2.27. The number of anilines is 1. The lowest BCUT2D eigenvalue weighted by molar-refractivity contribution is -0.135. The molecule has 0 spiro atoms. The van der Waals surface area contributed by atoms with Crippen molar-refractivity contribution in [1.82, 2.24) is 15.5 Å². The van der Waals surface area contributed by atoms with Gasteiger partial charge in [-0.1, -0.05) is 31.4 Å². The monoisotopic (exact) mass is 439 g/mol. The maximum Gasteiger partial charge on any atom is 0.226 e. The molecule has 1 aromatic rings. The summed E-state index contributed by atoms with van der Waals surface area (Å²) in [5.41, 5.74) is 2.12. The highest BCUT2D eigenvalue weighted by Gasteiger charge is 2.31. The molecule has 1 atom stereocenters. The van der Waals surface area contributed by atoms with Gasteiger partial charge in [0.2, 0.25) is 11.8 Å². The van der Waals surface area contributed by atoms with Gasteiger partial charge in [-0.25, -0.2) is 0 Å². The Labute approximate surface area is 191 Å². The molecule has 3 fully saturated rings. The summed E-state index contributed by atoms with van der Waals surface area (Å²) in [6, 6.07) is 8.43. The van der Waals surface area contributed by atoms with Crippen LogP contribution >= 0.6 is 0 Å². The largest absolute Gasteiger partial charge is 0.352 e. The number of aliphatic imine (C=N–C) groups is 1. The fourth-order valence-electron chi connectivity index (χ4n) is 5.13. The van der Waals surface area contributed by atoms with E-state index in [1.54, 1.807) is 7.05 Å². The van der Waals surface area contributed by atoms with Crippen molar-refractivity contribution in [1.29, 1.82) is 0 Å². The Hall–Kier alpha value is -2.57. The number of carbonyl (C=O) groups excluding carboxylic acids is 2. The lowest BCUT2D eigenvalue weighted by Gasteiger charge is -2.27. The third kappa shape index (κ3) is 5.61. The summed E-state index contributed by atoms with van der Waals surface area (Å²) in [6.07, 6.45) is 9.44. The maximum absolute atomic E-state index is 12.8. The number of benzene rings is 1. The Morgan fingerprint density at radius 3 is 2.53 bits per heavy atom. The third-order valence-corrected chi connectivity index (χ3v) is 7.05. The first-order valence-corrected chi connectivity index (χ1v) is 12.3. The van der Waals surface area contributed by atoms with Crippen LogP contribution in [0.25, 0.3) is 0 Å². The average Bonchev–Trinajstić information content (AvgIpc) is 3.31. The lowest BCUT2D eigenvalue weighted by atomic mass is 9.88. The van der Waals surface area contributed by atoms with Gasteiger partial charge in [0, 0.05) is 57.3 Å². The van der Waals surface area contributed by atoms with E-state index in [1.807, 2.05) is 21.9 Å². The van der Waals surface area contributed by atoms with Crippen molar-refractivity contribution in [2.75, 3.05) is 31.6 Å². The van der Waals surface area contributed by atoms with E-state index in [1.165, 1.54) is 19.3 Å². The summed E-state index contributed by atoms with van der Waals surface area (Å²) in [6.45, 7) is 3.06. The molecule has 2 heterocycles. The van der Waals surface area contributed by atoms with Crippen molar-refractivity contribution in [3.05, 3.63) is 29.8 Å². The Morgan fingerprint density at radius 2 is 1.81 bits per heavy atom. The molecular formula is C25H37N5O2. The van der Waals surface area contributed by atoms with E-state index in [4.69, 9.17) is 0 Å². The van der Waals surface area contributed by atoms with Gasteiger partial charge in [-0.2, -0.15) is 0 Å². The Morgan fingerprint density at radius 1 is 1.03 bits per heavy atom. The number of hydrogen-bond donors (Lipinski definition) is 2. The maximum atomic E-state index is 12.8. The summed E-state index contributed by atoms with van der Waals surface area (Å²) >= 11 is 0. The number of piperidine rings is 1. The summed E-state index contributed by atoms with van der Waals surface area (Å²) in [5, 5.41) is 6.87. The molecule has 4 rings (SSSR count). The highest BCUT2D eigenvalue weighted by molar-refractivity contribution is 5.94. The standard InChI is InChI=1S/C25H37N5O2/c1-26-25(28-21-14-16-29(18-21)24(32)20-7-3-2-4-8-20)27-17-19-10-12-22(13-11-19)30-15-6-5-9-23(30)31/h10-13,20-21H,2-9,14-18H2,1H3,(H2,26,27,28). The molecule has 174 valence electrons. The number of hydrogen-bond acceptors (Lipinski definition) is 3. The number of guanidine groups is 1. The van der Waals surface area contributed by atoms with Gasteiger partial charge < -0.3 is 20.4 Å². The van der Waals surface area contributed by atoms with E-state index in [2.05, 4.69) is 27.8 Å². The number of carbonyl (C=O) groups is 2. The van der Waals surface area contributed by atoms with Crippen molar-refractivity contribution in [3.8, 4) is 0 Å². The van der Waals surface area contributed by atoms with Crippen LogP contribution in [0.5, 0.6) is 0 Å². The molecule has 3 aliphatic rings. The van der Waals surface area contributed by atoms with E-state index in [0.717, 1.165) is 68.9 Å². The molecule has 1 saturated carbocycles.